The average molecular weight is 333 g/mol. The second-order valence-electron chi connectivity index (χ2n) is 5.49. The quantitative estimate of drug-likeness (QED) is 0.667. The first-order chi connectivity index (χ1) is 12.2. The Balaban J connectivity index is 1.83. The van der Waals surface area contributed by atoms with Gasteiger partial charge in [-0.25, -0.2) is 9.97 Å². The minimum Gasteiger partial charge on any atom is -0.382 e. The first-order valence-corrected chi connectivity index (χ1v) is 7.90. The van der Waals surface area contributed by atoms with Crippen LogP contribution >= 0.6 is 0 Å². The molecule has 3 aromatic rings. The van der Waals surface area contributed by atoms with E-state index in [2.05, 4.69) is 32.7 Å². The Morgan fingerprint density at radius 2 is 1.92 bits per heavy atom. The maximum Gasteiger partial charge on any atom is 0.273 e. The molecule has 0 saturated carbocycles. The normalized spacial score (nSPS) is 10.3. The summed E-state index contributed by atoms with van der Waals surface area (Å²) in [5.74, 6) is -0.244. The van der Waals surface area contributed by atoms with Crippen molar-refractivity contribution >= 4 is 17.4 Å². The Labute approximate surface area is 146 Å². The third-order valence-corrected chi connectivity index (χ3v) is 3.74. The van der Waals surface area contributed by atoms with Gasteiger partial charge in [-0.05, 0) is 17.7 Å². The minimum absolute atomic E-state index is 0.112. The number of nitrogens with one attached hydrogen (secondary N) is 2. The Morgan fingerprint density at radius 1 is 1.12 bits per heavy atom. The van der Waals surface area contributed by atoms with Crippen LogP contribution in [0.4, 0.5) is 11.5 Å². The van der Waals surface area contributed by atoms with Crippen molar-refractivity contribution in [2.24, 2.45) is 0 Å². The fourth-order valence-electron chi connectivity index (χ4n) is 2.41. The van der Waals surface area contributed by atoms with Crippen LogP contribution in [0.5, 0.6) is 0 Å². The highest BCUT2D eigenvalue weighted by atomic mass is 16.1. The first kappa shape index (κ1) is 16.4. The molecule has 0 aliphatic carbocycles. The van der Waals surface area contributed by atoms with Gasteiger partial charge >= 0.3 is 0 Å². The van der Waals surface area contributed by atoms with Gasteiger partial charge in [0.2, 0.25) is 0 Å². The summed E-state index contributed by atoms with van der Waals surface area (Å²) in [5, 5.41) is 5.90. The second-order valence-corrected chi connectivity index (χ2v) is 5.49. The predicted molar refractivity (Wildman–Crippen MR) is 99.0 cm³/mol. The molecule has 0 unspecified atom stereocenters. The lowest BCUT2D eigenvalue weighted by molar-refractivity contribution is 0.0959. The zero-order chi connectivity index (χ0) is 17.6. The molecule has 6 heteroatoms. The molecule has 2 aromatic carbocycles. The lowest BCUT2D eigenvalue weighted by atomic mass is 10.1. The zero-order valence-corrected chi connectivity index (χ0v) is 13.9. The number of nitrogens with zero attached hydrogens (tertiary/aromatic N) is 2. The molecule has 0 spiro atoms. The Kier molecular flexibility index (Phi) is 4.89. The Morgan fingerprint density at radius 3 is 2.68 bits per heavy atom. The molecule has 0 aliphatic heterocycles. The van der Waals surface area contributed by atoms with Crippen LogP contribution in [-0.2, 0) is 6.54 Å². The summed E-state index contributed by atoms with van der Waals surface area (Å²) in [6, 6.07) is 18.0. The molecular formula is C19H19N5O. The fraction of sp³-hybridized carbons (Fsp3) is 0.105. The Hall–Kier alpha value is -3.41. The number of benzene rings is 2. The summed E-state index contributed by atoms with van der Waals surface area (Å²) >= 11 is 0. The van der Waals surface area contributed by atoms with Crippen molar-refractivity contribution in [2.45, 2.75) is 6.54 Å². The van der Waals surface area contributed by atoms with E-state index < -0.39 is 0 Å². The van der Waals surface area contributed by atoms with Crippen LogP contribution in [-0.4, -0.2) is 22.9 Å². The predicted octanol–water partition coefficient (Wildman–Crippen LogP) is 2.70. The topological polar surface area (TPSA) is 92.9 Å². The van der Waals surface area contributed by atoms with Gasteiger partial charge in [0, 0.05) is 24.8 Å². The van der Waals surface area contributed by atoms with Crippen molar-refractivity contribution < 1.29 is 4.79 Å². The smallest absolute Gasteiger partial charge is 0.273 e. The second kappa shape index (κ2) is 7.44. The summed E-state index contributed by atoms with van der Waals surface area (Å²) in [6.45, 7) is 0.723. The summed E-state index contributed by atoms with van der Waals surface area (Å²) in [4.78, 5) is 20.3. The SMILES string of the molecule is CNC(=O)c1nc(-c2cccc(NCc3ccccc3)c2)cnc1N. The van der Waals surface area contributed by atoms with E-state index in [1.54, 1.807) is 6.20 Å². The molecule has 0 atom stereocenters. The van der Waals surface area contributed by atoms with Crippen molar-refractivity contribution in [1.82, 2.24) is 15.3 Å². The standard InChI is InChI=1S/C19H19N5O/c1-21-19(25)17-18(20)23-12-16(24-17)14-8-5-9-15(10-14)22-11-13-6-3-2-4-7-13/h2-10,12,22H,11H2,1H3,(H2,20,23)(H,21,25). The summed E-state index contributed by atoms with van der Waals surface area (Å²) in [5.41, 5.74) is 9.47. The van der Waals surface area contributed by atoms with Crippen LogP contribution in [0.25, 0.3) is 11.3 Å². The third kappa shape index (κ3) is 3.92. The molecular weight excluding hydrogens is 314 g/mol. The van der Waals surface area contributed by atoms with Crippen molar-refractivity contribution in [3.8, 4) is 11.3 Å². The average Bonchev–Trinajstić information content (AvgIpc) is 2.67. The van der Waals surface area contributed by atoms with Gasteiger partial charge < -0.3 is 16.4 Å². The van der Waals surface area contributed by atoms with Crippen molar-refractivity contribution in [3.63, 3.8) is 0 Å². The zero-order valence-electron chi connectivity index (χ0n) is 13.9. The van der Waals surface area contributed by atoms with Crippen LogP contribution < -0.4 is 16.4 Å². The van der Waals surface area contributed by atoms with Gasteiger partial charge in [-0.2, -0.15) is 0 Å². The molecule has 0 saturated heterocycles. The largest absolute Gasteiger partial charge is 0.382 e. The van der Waals surface area contributed by atoms with Crippen LogP contribution in [0.1, 0.15) is 16.1 Å². The number of amides is 1. The van der Waals surface area contributed by atoms with Gasteiger partial charge in [0.15, 0.2) is 11.5 Å². The number of carbonyl (C=O) groups excluding carboxylic acids is 1. The highest BCUT2D eigenvalue weighted by molar-refractivity contribution is 5.96. The lowest BCUT2D eigenvalue weighted by Gasteiger charge is -2.09. The number of carbonyl (C=O) groups is 1. The molecule has 126 valence electrons. The van der Waals surface area contributed by atoms with Crippen molar-refractivity contribution in [3.05, 3.63) is 72.1 Å². The molecule has 0 radical (unpaired) electrons. The van der Waals surface area contributed by atoms with E-state index in [9.17, 15) is 4.79 Å². The maximum absolute atomic E-state index is 11.8. The molecule has 6 nitrogen and oxygen atoms in total. The summed E-state index contributed by atoms with van der Waals surface area (Å²) in [7, 11) is 1.53. The number of anilines is 2. The van der Waals surface area contributed by atoms with E-state index >= 15 is 0 Å². The number of nitrogens with two attached hydrogens (primary N) is 1. The van der Waals surface area contributed by atoms with Crippen molar-refractivity contribution in [1.29, 1.82) is 0 Å². The van der Waals surface area contributed by atoms with Gasteiger partial charge in [-0.1, -0.05) is 42.5 Å². The van der Waals surface area contributed by atoms with E-state index in [1.807, 2.05) is 42.5 Å². The van der Waals surface area contributed by atoms with Crippen LogP contribution in [0.2, 0.25) is 0 Å². The number of hydrogen-bond donors (Lipinski definition) is 3. The molecule has 3 rings (SSSR count). The van der Waals surface area contributed by atoms with E-state index in [0.29, 0.717) is 5.69 Å². The maximum atomic E-state index is 11.8. The molecule has 0 aliphatic rings. The fourth-order valence-corrected chi connectivity index (χ4v) is 2.41. The van der Waals surface area contributed by atoms with E-state index in [1.165, 1.54) is 12.6 Å². The van der Waals surface area contributed by atoms with E-state index in [-0.39, 0.29) is 17.4 Å². The van der Waals surface area contributed by atoms with Gasteiger partial charge in [0.1, 0.15) is 0 Å². The molecule has 1 heterocycles. The van der Waals surface area contributed by atoms with Gasteiger partial charge in [0.25, 0.3) is 5.91 Å². The molecule has 1 amide bonds. The minimum atomic E-state index is -0.356. The number of hydrogen-bond acceptors (Lipinski definition) is 5. The number of nitrogen functional groups attached to an aromatic ring is 1. The highest BCUT2D eigenvalue weighted by Gasteiger charge is 2.13. The molecule has 0 bridgehead atoms. The Bertz CT molecular complexity index is 880. The molecule has 1 aromatic heterocycles. The van der Waals surface area contributed by atoms with E-state index in [0.717, 1.165) is 17.8 Å². The number of rotatable bonds is 5. The highest BCUT2D eigenvalue weighted by Crippen LogP contribution is 2.22. The molecule has 0 fully saturated rings. The van der Waals surface area contributed by atoms with Gasteiger partial charge in [-0.3, -0.25) is 4.79 Å². The monoisotopic (exact) mass is 333 g/mol. The third-order valence-electron chi connectivity index (χ3n) is 3.74. The summed E-state index contributed by atoms with van der Waals surface area (Å²) in [6.07, 6.45) is 1.57. The van der Waals surface area contributed by atoms with Crippen LogP contribution in [0.15, 0.2) is 60.8 Å². The van der Waals surface area contributed by atoms with Gasteiger partial charge in [0.05, 0.1) is 11.9 Å². The van der Waals surface area contributed by atoms with Crippen LogP contribution in [0.3, 0.4) is 0 Å². The first-order valence-electron chi connectivity index (χ1n) is 7.90. The lowest BCUT2D eigenvalue weighted by Crippen LogP contribution is -2.21. The molecule has 25 heavy (non-hydrogen) atoms. The van der Waals surface area contributed by atoms with Gasteiger partial charge in [-0.15, -0.1) is 0 Å². The van der Waals surface area contributed by atoms with Crippen molar-refractivity contribution in [2.75, 3.05) is 18.1 Å². The van der Waals surface area contributed by atoms with E-state index in [4.69, 9.17) is 5.73 Å². The molecule has 4 N–H and O–H groups in total. The number of aromatic nitrogens is 2. The summed E-state index contributed by atoms with van der Waals surface area (Å²) < 4.78 is 0. The van der Waals surface area contributed by atoms with Crippen LogP contribution in [0, 0.1) is 0 Å².